The monoisotopic (exact) mass is 339 g/mol. The summed E-state index contributed by atoms with van der Waals surface area (Å²) >= 11 is 0. The standard InChI is InChI=1S/C14H27NO5S.H2O/c1-6-13(20-14(16)12(2)3)8-10-15(4,5)9-7-11-21(17,18)19;/h13H,2,6-11H2,1,3-5H3;1H2. The average Bonchev–Trinajstić information content (AvgIpc) is 2.31. The minimum atomic E-state index is -3.90. The molecular formula is C14H29NO6S. The van der Waals surface area contributed by atoms with E-state index >= 15 is 0 Å². The first-order valence-corrected chi connectivity index (χ1v) is 8.71. The number of hydrogen-bond acceptors (Lipinski definition) is 5. The van der Waals surface area contributed by atoms with Crippen molar-refractivity contribution in [3.63, 3.8) is 0 Å². The number of ether oxygens (including phenoxy) is 1. The number of carbonyl (C=O) groups is 1. The molecule has 0 aromatic carbocycles. The molecule has 0 rings (SSSR count). The molecule has 2 N–H and O–H groups in total. The van der Waals surface area contributed by atoms with Gasteiger partial charge < -0.3 is 14.7 Å². The van der Waals surface area contributed by atoms with Crippen LogP contribution in [-0.2, 0) is 19.6 Å². The maximum Gasteiger partial charge on any atom is 0.333 e. The van der Waals surface area contributed by atoms with E-state index in [1.54, 1.807) is 6.92 Å². The van der Waals surface area contributed by atoms with Crippen molar-refractivity contribution in [1.29, 1.82) is 0 Å². The Balaban J connectivity index is 0. The molecule has 0 aliphatic carbocycles. The molecule has 0 radical (unpaired) electrons. The van der Waals surface area contributed by atoms with Gasteiger partial charge in [0.1, 0.15) is 6.10 Å². The highest BCUT2D eigenvalue weighted by Crippen LogP contribution is 2.11. The summed E-state index contributed by atoms with van der Waals surface area (Å²) in [5, 5.41) is 0. The molecule has 0 saturated heterocycles. The lowest BCUT2D eigenvalue weighted by Crippen LogP contribution is -2.43. The summed E-state index contributed by atoms with van der Waals surface area (Å²) in [6, 6.07) is 0. The number of carbonyl (C=O) groups excluding carboxylic acids is 1. The van der Waals surface area contributed by atoms with Crippen molar-refractivity contribution in [2.24, 2.45) is 0 Å². The SMILES string of the molecule is C=C(C)C(=O)OC(CC)CC[N+](C)(C)CCCS(=O)(=O)O.[OH-]. The first kappa shape index (κ1) is 23.3. The summed E-state index contributed by atoms with van der Waals surface area (Å²) in [6.45, 7) is 8.51. The Hall–Kier alpha value is -0.960. The van der Waals surface area contributed by atoms with Gasteiger partial charge in [-0.25, -0.2) is 4.79 Å². The Morgan fingerprint density at radius 1 is 1.32 bits per heavy atom. The Morgan fingerprint density at radius 3 is 2.27 bits per heavy atom. The van der Waals surface area contributed by atoms with Crippen LogP contribution in [0.4, 0.5) is 0 Å². The van der Waals surface area contributed by atoms with Crippen molar-refractivity contribution in [2.75, 3.05) is 32.9 Å². The van der Waals surface area contributed by atoms with Crippen molar-refractivity contribution in [3.8, 4) is 0 Å². The van der Waals surface area contributed by atoms with Crippen molar-refractivity contribution in [1.82, 2.24) is 0 Å². The minimum Gasteiger partial charge on any atom is -0.870 e. The molecule has 0 heterocycles. The molecule has 0 aromatic rings. The number of rotatable bonds is 10. The van der Waals surface area contributed by atoms with Gasteiger partial charge in [-0.1, -0.05) is 13.5 Å². The number of hydrogen-bond donors (Lipinski definition) is 1. The Labute approximate surface area is 133 Å². The van der Waals surface area contributed by atoms with Crippen LogP contribution in [0.1, 0.15) is 33.1 Å². The van der Waals surface area contributed by atoms with E-state index in [-0.39, 0.29) is 23.3 Å². The van der Waals surface area contributed by atoms with Crippen LogP contribution in [0.2, 0.25) is 0 Å². The number of quaternary nitrogens is 1. The smallest absolute Gasteiger partial charge is 0.333 e. The molecule has 22 heavy (non-hydrogen) atoms. The average molecular weight is 339 g/mol. The first-order valence-electron chi connectivity index (χ1n) is 7.10. The van der Waals surface area contributed by atoms with Gasteiger partial charge in [0.05, 0.1) is 32.9 Å². The molecule has 132 valence electrons. The largest absolute Gasteiger partial charge is 0.870 e. The van der Waals surface area contributed by atoms with E-state index < -0.39 is 10.1 Å². The van der Waals surface area contributed by atoms with Crippen LogP contribution in [0.3, 0.4) is 0 Å². The molecule has 0 amide bonds. The van der Waals surface area contributed by atoms with Crippen molar-refractivity contribution in [2.45, 2.75) is 39.2 Å². The molecule has 0 fully saturated rings. The van der Waals surface area contributed by atoms with Gasteiger partial charge in [-0.3, -0.25) is 4.55 Å². The second kappa shape index (κ2) is 9.94. The minimum absolute atomic E-state index is 0. The molecule has 7 nitrogen and oxygen atoms in total. The molecule has 8 heteroatoms. The lowest BCUT2D eigenvalue weighted by atomic mass is 10.1. The Kier molecular flexibility index (Phi) is 10.5. The van der Waals surface area contributed by atoms with E-state index in [0.717, 1.165) is 13.0 Å². The zero-order valence-electron chi connectivity index (χ0n) is 13.9. The predicted octanol–water partition coefficient (Wildman–Crippen LogP) is 1.45. The van der Waals surface area contributed by atoms with Crippen LogP contribution in [0, 0.1) is 0 Å². The molecule has 0 spiro atoms. The predicted molar refractivity (Wildman–Crippen MR) is 84.4 cm³/mol. The maximum atomic E-state index is 11.5. The van der Waals surface area contributed by atoms with Crippen LogP contribution in [0.5, 0.6) is 0 Å². The maximum absolute atomic E-state index is 11.5. The summed E-state index contributed by atoms with van der Waals surface area (Å²) in [4.78, 5) is 11.5. The van der Waals surface area contributed by atoms with Crippen molar-refractivity contribution >= 4 is 16.1 Å². The summed E-state index contributed by atoms with van der Waals surface area (Å²) in [7, 11) is 0.0699. The van der Waals surface area contributed by atoms with E-state index in [0.29, 0.717) is 29.4 Å². The summed E-state index contributed by atoms with van der Waals surface area (Å²) in [6.07, 6.45) is 1.67. The number of nitrogens with zero attached hydrogens (tertiary/aromatic N) is 1. The molecular weight excluding hydrogens is 310 g/mol. The topological polar surface area (TPSA) is 111 Å². The van der Waals surface area contributed by atoms with Gasteiger partial charge in [-0.15, -0.1) is 0 Å². The fraction of sp³-hybridized carbons (Fsp3) is 0.786. The van der Waals surface area contributed by atoms with E-state index in [1.165, 1.54) is 0 Å². The van der Waals surface area contributed by atoms with Gasteiger partial charge in [-0.2, -0.15) is 8.42 Å². The highest BCUT2D eigenvalue weighted by atomic mass is 32.2. The third-order valence-corrected chi connectivity index (χ3v) is 4.10. The Morgan fingerprint density at radius 2 is 1.86 bits per heavy atom. The summed E-state index contributed by atoms with van der Waals surface area (Å²) in [5.74, 6) is -0.602. The first-order chi connectivity index (χ1) is 9.47. The summed E-state index contributed by atoms with van der Waals surface area (Å²) < 4.78 is 36.1. The molecule has 0 aromatic heterocycles. The van der Waals surface area contributed by atoms with Gasteiger partial charge in [0.25, 0.3) is 10.1 Å². The third-order valence-electron chi connectivity index (χ3n) is 3.30. The van der Waals surface area contributed by atoms with Gasteiger partial charge >= 0.3 is 5.97 Å². The second-order valence-corrected chi connectivity index (χ2v) is 7.60. The van der Waals surface area contributed by atoms with E-state index in [1.807, 2.05) is 21.0 Å². The quantitative estimate of drug-likeness (QED) is 0.279. The van der Waals surface area contributed by atoms with Crippen LogP contribution in [0.15, 0.2) is 12.2 Å². The summed E-state index contributed by atoms with van der Waals surface area (Å²) in [5.41, 5.74) is 0.385. The van der Waals surface area contributed by atoms with Crippen molar-refractivity contribution < 1.29 is 32.5 Å². The van der Waals surface area contributed by atoms with E-state index in [9.17, 15) is 13.2 Å². The highest BCUT2D eigenvalue weighted by molar-refractivity contribution is 7.85. The fourth-order valence-corrected chi connectivity index (χ4v) is 2.37. The molecule has 0 saturated carbocycles. The van der Waals surface area contributed by atoms with E-state index in [4.69, 9.17) is 9.29 Å². The van der Waals surface area contributed by atoms with Crippen LogP contribution < -0.4 is 0 Å². The Bertz CT molecular complexity index is 458. The normalized spacial score (nSPS) is 13.1. The number of esters is 1. The van der Waals surface area contributed by atoms with Gasteiger partial charge in [0.2, 0.25) is 0 Å². The lowest BCUT2D eigenvalue weighted by Gasteiger charge is -2.31. The lowest BCUT2D eigenvalue weighted by molar-refractivity contribution is -0.890. The molecule has 0 bridgehead atoms. The van der Waals surface area contributed by atoms with Crippen LogP contribution in [0.25, 0.3) is 0 Å². The van der Waals surface area contributed by atoms with Crippen LogP contribution in [-0.4, -0.2) is 67.9 Å². The van der Waals surface area contributed by atoms with Crippen LogP contribution >= 0.6 is 0 Å². The molecule has 1 unspecified atom stereocenters. The van der Waals surface area contributed by atoms with Gasteiger partial charge in [0.15, 0.2) is 0 Å². The molecule has 0 aliphatic rings. The zero-order valence-corrected chi connectivity index (χ0v) is 14.7. The van der Waals surface area contributed by atoms with E-state index in [2.05, 4.69) is 6.58 Å². The third kappa shape index (κ3) is 11.7. The second-order valence-electron chi connectivity index (χ2n) is 6.03. The van der Waals surface area contributed by atoms with Gasteiger partial charge in [-0.05, 0) is 13.3 Å². The molecule has 1 atom stereocenters. The van der Waals surface area contributed by atoms with Crippen molar-refractivity contribution in [3.05, 3.63) is 12.2 Å². The highest BCUT2D eigenvalue weighted by Gasteiger charge is 2.21. The zero-order chi connectivity index (χ0) is 16.7. The molecule has 0 aliphatic heterocycles. The fourth-order valence-electron chi connectivity index (χ4n) is 1.88. The van der Waals surface area contributed by atoms with Gasteiger partial charge in [0, 0.05) is 18.4 Å².